The van der Waals surface area contributed by atoms with E-state index in [-0.39, 0.29) is 17.7 Å². The lowest BCUT2D eigenvalue weighted by molar-refractivity contribution is -0.118. The van der Waals surface area contributed by atoms with Crippen LogP contribution in [0.3, 0.4) is 0 Å². The highest BCUT2D eigenvalue weighted by atomic mass is 16.3. The van der Waals surface area contributed by atoms with Crippen LogP contribution in [0.25, 0.3) is 0 Å². The highest BCUT2D eigenvalue weighted by Gasteiger charge is 2.12. The minimum atomic E-state index is -0.497. The number of unbranched alkanes of at least 4 members (excludes halogenated alkanes) is 1. The zero-order chi connectivity index (χ0) is 12.1. The second kappa shape index (κ2) is 5.41. The Kier molecular flexibility index (Phi) is 4.19. The van der Waals surface area contributed by atoms with E-state index in [0.29, 0.717) is 25.7 Å². The van der Waals surface area contributed by atoms with Crippen molar-refractivity contribution in [1.82, 2.24) is 4.57 Å². The molecular formula is C10H17N3O3. The smallest absolute Gasteiger partial charge is 0.217 e. The molecule has 0 bridgehead atoms. The number of hydrogen-bond donors (Lipinski definition) is 4. The third kappa shape index (κ3) is 3.16. The Balaban J connectivity index is 2.41. The first kappa shape index (κ1) is 12.4. The molecule has 1 aromatic heterocycles. The van der Waals surface area contributed by atoms with Gasteiger partial charge in [0, 0.05) is 18.6 Å². The van der Waals surface area contributed by atoms with Crippen LogP contribution in [0.15, 0.2) is 12.1 Å². The average molecular weight is 227 g/mol. The van der Waals surface area contributed by atoms with Gasteiger partial charge in [0.05, 0.1) is 6.17 Å². The van der Waals surface area contributed by atoms with Gasteiger partial charge in [-0.05, 0) is 19.3 Å². The van der Waals surface area contributed by atoms with E-state index in [4.69, 9.17) is 11.5 Å². The minimum Gasteiger partial charge on any atom is -0.494 e. The fourth-order valence-electron chi connectivity index (χ4n) is 1.55. The summed E-state index contributed by atoms with van der Waals surface area (Å²) in [4.78, 5) is 10.5. The van der Waals surface area contributed by atoms with Crippen molar-refractivity contribution in [3.05, 3.63) is 12.1 Å². The Morgan fingerprint density at radius 1 is 1.31 bits per heavy atom. The number of amides is 1. The normalized spacial score (nSPS) is 12.6. The molecule has 0 unspecified atom stereocenters. The van der Waals surface area contributed by atoms with Crippen molar-refractivity contribution in [1.29, 1.82) is 0 Å². The molecule has 1 atom stereocenters. The topological polar surface area (TPSA) is 114 Å². The van der Waals surface area contributed by atoms with Gasteiger partial charge >= 0.3 is 0 Å². The van der Waals surface area contributed by atoms with Gasteiger partial charge in [-0.2, -0.15) is 0 Å². The summed E-state index contributed by atoms with van der Waals surface area (Å²) in [7, 11) is 0. The molecule has 90 valence electrons. The van der Waals surface area contributed by atoms with Gasteiger partial charge in [0.2, 0.25) is 5.91 Å². The van der Waals surface area contributed by atoms with Crippen molar-refractivity contribution in [2.75, 3.05) is 0 Å². The van der Waals surface area contributed by atoms with Crippen LogP contribution in [-0.4, -0.2) is 20.7 Å². The van der Waals surface area contributed by atoms with Crippen molar-refractivity contribution < 1.29 is 15.0 Å². The van der Waals surface area contributed by atoms with Crippen molar-refractivity contribution in [3.63, 3.8) is 0 Å². The lowest BCUT2D eigenvalue weighted by atomic mass is 10.1. The van der Waals surface area contributed by atoms with E-state index in [1.807, 2.05) is 0 Å². The number of nitrogens with zero attached hydrogens (tertiary/aromatic N) is 1. The molecule has 0 fully saturated rings. The van der Waals surface area contributed by atoms with E-state index >= 15 is 0 Å². The number of rotatable bonds is 6. The third-order valence-corrected chi connectivity index (χ3v) is 2.38. The molecule has 16 heavy (non-hydrogen) atoms. The molecule has 1 rings (SSSR count). The van der Waals surface area contributed by atoms with E-state index in [0.717, 1.165) is 0 Å². The van der Waals surface area contributed by atoms with Gasteiger partial charge in [0.15, 0.2) is 11.8 Å². The van der Waals surface area contributed by atoms with Crippen molar-refractivity contribution in [3.8, 4) is 11.8 Å². The first-order chi connectivity index (χ1) is 7.52. The third-order valence-electron chi connectivity index (χ3n) is 2.38. The van der Waals surface area contributed by atoms with E-state index in [1.54, 1.807) is 0 Å². The fraction of sp³-hybridized carbons (Fsp3) is 0.500. The summed E-state index contributed by atoms with van der Waals surface area (Å²) >= 11 is 0. The van der Waals surface area contributed by atoms with Crippen LogP contribution in [0.5, 0.6) is 11.8 Å². The summed E-state index contributed by atoms with van der Waals surface area (Å²) in [6, 6.07) is 2.75. The molecule has 1 heterocycles. The van der Waals surface area contributed by atoms with E-state index < -0.39 is 6.17 Å². The molecule has 6 heteroatoms. The number of primary amides is 1. The van der Waals surface area contributed by atoms with Crippen LogP contribution < -0.4 is 11.5 Å². The Bertz CT molecular complexity index is 343. The lowest BCUT2D eigenvalue weighted by Gasteiger charge is -2.15. The summed E-state index contributed by atoms with van der Waals surface area (Å²) in [5, 5.41) is 18.8. The van der Waals surface area contributed by atoms with E-state index in [2.05, 4.69) is 0 Å². The molecule has 0 aromatic carbocycles. The van der Waals surface area contributed by atoms with Crippen LogP contribution in [0, 0.1) is 0 Å². The maximum absolute atomic E-state index is 10.5. The first-order valence-electron chi connectivity index (χ1n) is 5.15. The predicted molar refractivity (Wildman–Crippen MR) is 58.6 cm³/mol. The van der Waals surface area contributed by atoms with Crippen molar-refractivity contribution in [2.24, 2.45) is 11.5 Å². The SMILES string of the molecule is NC(=O)CCCC[C@@H](N)n1c(O)ccc1O. The van der Waals surface area contributed by atoms with Crippen LogP contribution >= 0.6 is 0 Å². The number of hydrogen-bond acceptors (Lipinski definition) is 4. The quantitative estimate of drug-likeness (QED) is 0.526. The maximum atomic E-state index is 10.5. The van der Waals surface area contributed by atoms with Gasteiger partial charge in [0.1, 0.15) is 0 Å². The van der Waals surface area contributed by atoms with Crippen LogP contribution in [0.4, 0.5) is 0 Å². The van der Waals surface area contributed by atoms with E-state index in [9.17, 15) is 15.0 Å². The molecule has 0 radical (unpaired) electrons. The number of nitrogens with two attached hydrogens (primary N) is 2. The van der Waals surface area contributed by atoms with E-state index in [1.165, 1.54) is 16.7 Å². The molecule has 0 aliphatic carbocycles. The Morgan fingerprint density at radius 2 is 1.88 bits per heavy atom. The summed E-state index contributed by atoms with van der Waals surface area (Å²) < 4.78 is 1.24. The molecule has 0 spiro atoms. The molecular weight excluding hydrogens is 210 g/mol. The molecule has 6 nitrogen and oxygen atoms in total. The zero-order valence-electron chi connectivity index (χ0n) is 8.97. The fourth-order valence-corrected chi connectivity index (χ4v) is 1.55. The highest BCUT2D eigenvalue weighted by molar-refractivity contribution is 5.73. The number of aromatic hydroxyl groups is 2. The van der Waals surface area contributed by atoms with Crippen LogP contribution in [0.2, 0.25) is 0 Å². The monoisotopic (exact) mass is 227 g/mol. The van der Waals surface area contributed by atoms with Gasteiger partial charge in [0.25, 0.3) is 0 Å². The molecule has 1 amide bonds. The molecule has 0 aliphatic rings. The van der Waals surface area contributed by atoms with Crippen LogP contribution in [-0.2, 0) is 4.79 Å². The molecule has 1 aromatic rings. The number of aromatic nitrogens is 1. The summed E-state index contributed by atoms with van der Waals surface area (Å²) in [5.41, 5.74) is 10.8. The highest BCUT2D eigenvalue weighted by Crippen LogP contribution is 2.26. The number of carbonyl (C=O) groups excluding carboxylic acids is 1. The van der Waals surface area contributed by atoms with Crippen molar-refractivity contribution in [2.45, 2.75) is 31.8 Å². The Hall–Kier alpha value is -1.69. The molecule has 0 aliphatic heterocycles. The summed E-state index contributed by atoms with van der Waals surface area (Å²) in [6.45, 7) is 0. The molecule has 6 N–H and O–H groups in total. The average Bonchev–Trinajstić information content (AvgIpc) is 2.53. The Labute approximate surface area is 93.5 Å². The minimum absolute atomic E-state index is 0.0695. The van der Waals surface area contributed by atoms with Crippen molar-refractivity contribution >= 4 is 5.91 Å². The van der Waals surface area contributed by atoms with Gasteiger partial charge in [-0.15, -0.1) is 0 Å². The standard InChI is InChI=1S/C10H17N3O3/c11-7(3-1-2-4-8(12)14)13-9(15)5-6-10(13)16/h5-7,15-16H,1-4,11H2,(H2,12,14)/t7-/m0/s1. The molecule has 0 saturated heterocycles. The van der Waals surface area contributed by atoms with Gasteiger partial charge in [-0.25, -0.2) is 0 Å². The zero-order valence-corrected chi connectivity index (χ0v) is 8.97. The van der Waals surface area contributed by atoms with Gasteiger partial charge in [-0.1, -0.05) is 0 Å². The number of carbonyl (C=O) groups is 1. The van der Waals surface area contributed by atoms with Gasteiger partial charge in [-0.3, -0.25) is 9.36 Å². The maximum Gasteiger partial charge on any atom is 0.217 e. The predicted octanol–water partition coefficient (Wildman–Crippen LogP) is 0.402. The Morgan fingerprint density at radius 3 is 2.38 bits per heavy atom. The second-order valence-electron chi connectivity index (χ2n) is 3.70. The summed E-state index contributed by atoms with van der Waals surface area (Å²) in [5.74, 6) is -0.472. The second-order valence-corrected chi connectivity index (χ2v) is 3.70. The largest absolute Gasteiger partial charge is 0.494 e. The first-order valence-corrected chi connectivity index (χ1v) is 5.15. The van der Waals surface area contributed by atoms with Gasteiger partial charge < -0.3 is 21.7 Å². The lowest BCUT2D eigenvalue weighted by Crippen LogP contribution is -2.18. The van der Waals surface area contributed by atoms with Crippen LogP contribution in [0.1, 0.15) is 31.8 Å². The molecule has 0 saturated carbocycles. The summed E-state index contributed by atoms with van der Waals surface area (Å²) in [6.07, 6.45) is 1.76.